The maximum absolute atomic E-state index is 12.3. The van der Waals surface area contributed by atoms with Crippen LogP contribution in [-0.4, -0.2) is 53.1 Å². The number of carbonyl (C=O) groups excluding carboxylic acids is 3. The Hall–Kier alpha value is -2.22. The molecular formula is C18H22N2O5S. The molecule has 2 saturated heterocycles. The number of esters is 1. The number of fused-ring (bicyclic) bond motifs is 1. The van der Waals surface area contributed by atoms with Gasteiger partial charge in [-0.2, -0.15) is 0 Å². The Bertz CT molecular complexity index is 708. The monoisotopic (exact) mass is 378 g/mol. The second-order valence-corrected chi connectivity index (χ2v) is 8.00. The maximum atomic E-state index is 12.3. The van der Waals surface area contributed by atoms with E-state index in [-0.39, 0.29) is 23.3 Å². The van der Waals surface area contributed by atoms with E-state index in [1.54, 1.807) is 23.8 Å². The van der Waals surface area contributed by atoms with Crippen LogP contribution in [0, 0.1) is 0 Å². The minimum Gasteiger partial charge on any atom is -0.497 e. The summed E-state index contributed by atoms with van der Waals surface area (Å²) in [5, 5.41) is 2.70. The van der Waals surface area contributed by atoms with Crippen molar-refractivity contribution in [2.45, 2.75) is 37.2 Å². The molecule has 1 aromatic carbocycles. The lowest BCUT2D eigenvalue weighted by molar-refractivity contribution is -0.156. The fraction of sp³-hybridized carbons (Fsp3) is 0.500. The van der Waals surface area contributed by atoms with Crippen molar-refractivity contribution >= 4 is 29.5 Å². The zero-order valence-electron chi connectivity index (χ0n) is 14.8. The predicted molar refractivity (Wildman–Crippen MR) is 96.5 cm³/mol. The molecule has 0 bridgehead atoms. The van der Waals surface area contributed by atoms with Gasteiger partial charge < -0.3 is 19.7 Å². The first-order chi connectivity index (χ1) is 12.4. The van der Waals surface area contributed by atoms with E-state index in [0.29, 0.717) is 18.7 Å². The molecule has 2 fully saturated rings. The van der Waals surface area contributed by atoms with Gasteiger partial charge in [-0.1, -0.05) is 12.1 Å². The summed E-state index contributed by atoms with van der Waals surface area (Å²) in [6.45, 7) is 1.95. The molecule has 0 spiro atoms. The molecule has 0 unspecified atom stereocenters. The second-order valence-electron chi connectivity index (χ2n) is 6.50. The summed E-state index contributed by atoms with van der Waals surface area (Å²) in [6.07, 6.45) is 1.19. The molecule has 2 atom stereocenters. The summed E-state index contributed by atoms with van der Waals surface area (Å²) in [7, 11) is 1.59. The molecule has 2 heterocycles. The highest BCUT2D eigenvalue weighted by Crippen LogP contribution is 2.47. The standard InChI is InChI=1S/C18H22N2O5S/c1-18-8-7-16(22)20(18)14(11-26-18)17(23)25-10-15(21)19-9-12-3-5-13(24-2)6-4-12/h3-6,14H,7-11H2,1-2H3,(H,19,21)/t14-,18+/m0/s1. The Morgan fingerprint density at radius 2 is 2.08 bits per heavy atom. The number of nitrogens with zero attached hydrogens (tertiary/aromatic N) is 1. The van der Waals surface area contributed by atoms with Gasteiger partial charge >= 0.3 is 5.97 Å². The van der Waals surface area contributed by atoms with Crippen molar-refractivity contribution in [2.24, 2.45) is 0 Å². The van der Waals surface area contributed by atoms with Crippen LogP contribution < -0.4 is 10.1 Å². The van der Waals surface area contributed by atoms with Crippen molar-refractivity contribution in [2.75, 3.05) is 19.5 Å². The van der Waals surface area contributed by atoms with Gasteiger partial charge in [-0.15, -0.1) is 11.8 Å². The van der Waals surface area contributed by atoms with Gasteiger partial charge in [0.25, 0.3) is 5.91 Å². The smallest absolute Gasteiger partial charge is 0.330 e. The van der Waals surface area contributed by atoms with Gasteiger partial charge in [-0.25, -0.2) is 4.79 Å². The quantitative estimate of drug-likeness (QED) is 0.752. The third-order valence-corrected chi connectivity index (χ3v) is 6.22. The molecule has 26 heavy (non-hydrogen) atoms. The highest BCUT2D eigenvalue weighted by Gasteiger charge is 2.53. The topological polar surface area (TPSA) is 84.9 Å². The van der Waals surface area contributed by atoms with Crippen LogP contribution in [0.1, 0.15) is 25.3 Å². The van der Waals surface area contributed by atoms with Crippen LogP contribution in [0.5, 0.6) is 5.75 Å². The Morgan fingerprint density at radius 1 is 1.35 bits per heavy atom. The van der Waals surface area contributed by atoms with Crippen LogP contribution in [0.25, 0.3) is 0 Å². The van der Waals surface area contributed by atoms with Gasteiger partial charge in [-0.3, -0.25) is 9.59 Å². The first-order valence-electron chi connectivity index (χ1n) is 8.45. The highest BCUT2D eigenvalue weighted by atomic mass is 32.2. The number of thioether (sulfide) groups is 1. The maximum Gasteiger partial charge on any atom is 0.330 e. The lowest BCUT2D eigenvalue weighted by Gasteiger charge is -2.29. The van der Waals surface area contributed by atoms with Gasteiger partial charge in [0, 0.05) is 18.7 Å². The van der Waals surface area contributed by atoms with E-state index in [2.05, 4.69) is 5.32 Å². The molecule has 0 aliphatic carbocycles. The number of nitrogens with one attached hydrogen (secondary N) is 1. The van der Waals surface area contributed by atoms with E-state index in [1.807, 2.05) is 31.2 Å². The van der Waals surface area contributed by atoms with E-state index in [4.69, 9.17) is 9.47 Å². The molecule has 1 N–H and O–H groups in total. The summed E-state index contributed by atoms with van der Waals surface area (Å²) in [6, 6.07) is 6.71. The molecule has 140 valence electrons. The number of carbonyl (C=O) groups is 3. The third kappa shape index (κ3) is 3.80. The van der Waals surface area contributed by atoms with E-state index >= 15 is 0 Å². The summed E-state index contributed by atoms with van der Waals surface area (Å²) in [5.74, 6) is 0.329. The van der Waals surface area contributed by atoms with Crippen molar-refractivity contribution in [1.82, 2.24) is 10.2 Å². The molecule has 2 aliphatic rings. The molecule has 1 aromatic rings. The average Bonchev–Trinajstić information content (AvgIpc) is 3.14. The molecule has 0 radical (unpaired) electrons. The van der Waals surface area contributed by atoms with E-state index in [9.17, 15) is 14.4 Å². The Kier molecular flexibility index (Phi) is 5.41. The molecule has 8 heteroatoms. The largest absolute Gasteiger partial charge is 0.497 e. The number of benzene rings is 1. The third-order valence-electron chi connectivity index (χ3n) is 4.71. The van der Waals surface area contributed by atoms with Crippen molar-refractivity contribution in [3.8, 4) is 5.75 Å². The molecule has 0 aromatic heterocycles. The van der Waals surface area contributed by atoms with Crippen LogP contribution in [0.2, 0.25) is 0 Å². The van der Waals surface area contributed by atoms with E-state index in [0.717, 1.165) is 17.7 Å². The Labute approximate surface area is 156 Å². The van der Waals surface area contributed by atoms with Crippen molar-refractivity contribution in [1.29, 1.82) is 0 Å². The summed E-state index contributed by atoms with van der Waals surface area (Å²) in [5.41, 5.74) is 0.913. The fourth-order valence-corrected chi connectivity index (χ4v) is 4.64. The summed E-state index contributed by atoms with van der Waals surface area (Å²) in [4.78, 5) is 37.6. The van der Waals surface area contributed by atoms with Gasteiger partial charge in [0.1, 0.15) is 11.8 Å². The van der Waals surface area contributed by atoms with Crippen LogP contribution in [0.3, 0.4) is 0 Å². The summed E-state index contributed by atoms with van der Waals surface area (Å²) < 4.78 is 10.2. The van der Waals surface area contributed by atoms with Crippen LogP contribution in [0.15, 0.2) is 24.3 Å². The van der Waals surface area contributed by atoms with Crippen molar-refractivity contribution in [3.05, 3.63) is 29.8 Å². The van der Waals surface area contributed by atoms with Crippen molar-refractivity contribution in [3.63, 3.8) is 0 Å². The second kappa shape index (κ2) is 7.57. The highest BCUT2D eigenvalue weighted by molar-refractivity contribution is 8.01. The molecule has 7 nitrogen and oxygen atoms in total. The molecule has 2 aliphatic heterocycles. The van der Waals surface area contributed by atoms with Crippen LogP contribution in [-0.2, 0) is 25.7 Å². The van der Waals surface area contributed by atoms with Gasteiger partial charge in [0.2, 0.25) is 5.91 Å². The average molecular weight is 378 g/mol. The molecular weight excluding hydrogens is 356 g/mol. The minimum absolute atomic E-state index is 0.0246. The first kappa shape index (κ1) is 18.6. The number of amides is 2. The number of rotatable bonds is 6. The summed E-state index contributed by atoms with van der Waals surface area (Å²) >= 11 is 1.59. The van der Waals surface area contributed by atoms with Gasteiger partial charge in [0.05, 0.1) is 12.0 Å². The number of hydrogen-bond acceptors (Lipinski definition) is 6. The molecule has 0 saturated carbocycles. The van der Waals surface area contributed by atoms with Gasteiger partial charge in [-0.05, 0) is 31.0 Å². The van der Waals surface area contributed by atoms with Crippen LogP contribution >= 0.6 is 11.8 Å². The first-order valence-corrected chi connectivity index (χ1v) is 9.44. The SMILES string of the molecule is COc1ccc(CNC(=O)COC(=O)[C@@H]2CS[C@]3(C)CCC(=O)N23)cc1. The zero-order valence-corrected chi connectivity index (χ0v) is 15.6. The minimum atomic E-state index is -0.602. The van der Waals surface area contributed by atoms with E-state index < -0.39 is 12.0 Å². The molecule has 3 rings (SSSR count). The predicted octanol–water partition coefficient (Wildman–Crippen LogP) is 1.31. The lowest BCUT2D eigenvalue weighted by atomic mass is 10.2. The number of ether oxygens (including phenoxy) is 2. The van der Waals surface area contributed by atoms with Gasteiger partial charge in [0.15, 0.2) is 6.61 Å². The van der Waals surface area contributed by atoms with Crippen molar-refractivity contribution < 1.29 is 23.9 Å². The zero-order chi connectivity index (χ0) is 18.7. The Balaban J connectivity index is 1.45. The normalized spacial score (nSPS) is 24.3. The fourth-order valence-electron chi connectivity index (χ4n) is 3.22. The molecule has 2 amide bonds. The Morgan fingerprint density at radius 3 is 2.77 bits per heavy atom. The van der Waals surface area contributed by atoms with Crippen LogP contribution in [0.4, 0.5) is 0 Å². The number of hydrogen-bond donors (Lipinski definition) is 1. The number of methoxy groups -OCH3 is 1. The lowest BCUT2D eigenvalue weighted by Crippen LogP contribution is -2.47. The van der Waals surface area contributed by atoms with E-state index in [1.165, 1.54) is 0 Å².